The van der Waals surface area contributed by atoms with E-state index < -0.39 is 0 Å². The first-order valence-electron chi connectivity index (χ1n) is 7.89. The predicted molar refractivity (Wildman–Crippen MR) is 91.6 cm³/mol. The van der Waals surface area contributed by atoms with Crippen LogP contribution in [0, 0.1) is 0 Å². The maximum absolute atomic E-state index is 12.0. The predicted octanol–water partition coefficient (Wildman–Crippen LogP) is 4.53. The average Bonchev–Trinajstić information content (AvgIpc) is 2.95. The molecule has 1 fully saturated rings. The Bertz CT molecular complexity index is 587. The van der Waals surface area contributed by atoms with Gasteiger partial charge in [0.25, 0.3) is 5.91 Å². The third-order valence-corrected chi connectivity index (χ3v) is 4.84. The molecular formula is C17H21N3OS. The molecule has 0 bridgehead atoms. The SMILES string of the molecule is O=C(Nc1ccc(NC2CCCCCC2)nc1)c1cccs1. The third-order valence-electron chi connectivity index (χ3n) is 3.97. The lowest BCUT2D eigenvalue weighted by Gasteiger charge is -2.17. The van der Waals surface area contributed by atoms with Crippen LogP contribution in [0.25, 0.3) is 0 Å². The van der Waals surface area contributed by atoms with Crippen molar-refractivity contribution in [1.82, 2.24) is 4.98 Å². The molecule has 2 N–H and O–H groups in total. The molecule has 0 aliphatic heterocycles. The molecule has 116 valence electrons. The largest absolute Gasteiger partial charge is 0.367 e. The minimum absolute atomic E-state index is 0.0822. The second-order valence-corrected chi connectivity index (χ2v) is 6.64. The van der Waals surface area contributed by atoms with Gasteiger partial charge in [-0.3, -0.25) is 4.79 Å². The van der Waals surface area contributed by atoms with E-state index in [9.17, 15) is 4.79 Å². The maximum Gasteiger partial charge on any atom is 0.265 e. The minimum Gasteiger partial charge on any atom is -0.367 e. The van der Waals surface area contributed by atoms with E-state index in [0.29, 0.717) is 10.9 Å². The molecule has 5 heteroatoms. The van der Waals surface area contributed by atoms with Crippen molar-refractivity contribution in [3.63, 3.8) is 0 Å². The number of amides is 1. The summed E-state index contributed by atoms with van der Waals surface area (Å²) in [5, 5.41) is 8.27. The van der Waals surface area contributed by atoms with Gasteiger partial charge in [0, 0.05) is 6.04 Å². The van der Waals surface area contributed by atoms with E-state index in [1.54, 1.807) is 6.20 Å². The van der Waals surface area contributed by atoms with Crippen LogP contribution in [0.2, 0.25) is 0 Å². The minimum atomic E-state index is -0.0822. The standard InChI is InChI=1S/C17H21N3OS/c21-17(15-8-5-11-22-15)20-14-9-10-16(18-12-14)19-13-6-3-1-2-4-7-13/h5,8-13H,1-4,6-7H2,(H,18,19)(H,20,21). The number of hydrogen-bond acceptors (Lipinski definition) is 4. The number of carbonyl (C=O) groups excluding carboxylic acids is 1. The van der Waals surface area contributed by atoms with E-state index in [0.717, 1.165) is 11.5 Å². The van der Waals surface area contributed by atoms with Crippen molar-refractivity contribution in [2.24, 2.45) is 0 Å². The highest BCUT2D eigenvalue weighted by Crippen LogP contribution is 2.21. The topological polar surface area (TPSA) is 54.0 Å². The number of carbonyl (C=O) groups is 1. The highest BCUT2D eigenvalue weighted by Gasteiger charge is 2.12. The fourth-order valence-electron chi connectivity index (χ4n) is 2.79. The summed E-state index contributed by atoms with van der Waals surface area (Å²) in [7, 11) is 0. The number of rotatable bonds is 4. The monoisotopic (exact) mass is 315 g/mol. The molecule has 1 aliphatic rings. The first-order chi connectivity index (χ1) is 10.8. The van der Waals surface area contributed by atoms with Gasteiger partial charge in [0.15, 0.2) is 0 Å². The molecule has 0 atom stereocenters. The summed E-state index contributed by atoms with van der Waals surface area (Å²) in [4.78, 5) is 17.1. The van der Waals surface area contributed by atoms with Gasteiger partial charge in [-0.05, 0) is 36.4 Å². The highest BCUT2D eigenvalue weighted by atomic mass is 32.1. The molecule has 0 unspecified atom stereocenters. The summed E-state index contributed by atoms with van der Waals surface area (Å²) in [5.41, 5.74) is 0.727. The summed E-state index contributed by atoms with van der Waals surface area (Å²) in [6.45, 7) is 0. The van der Waals surface area contributed by atoms with Crippen LogP contribution >= 0.6 is 11.3 Å². The van der Waals surface area contributed by atoms with Gasteiger partial charge in [-0.1, -0.05) is 31.7 Å². The Morgan fingerprint density at radius 3 is 2.59 bits per heavy atom. The van der Waals surface area contributed by atoms with Crippen LogP contribution in [-0.2, 0) is 0 Å². The second kappa shape index (κ2) is 7.40. The molecule has 0 spiro atoms. The van der Waals surface area contributed by atoms with Gasteiger partial charge in [-0.15, -0.1) is 11.3 Å². The van der Waals surface area contributed by atoms with Crippen LogP contribution in [0.4, 0.5) is 11.5 Å². The van der Waals surface area contributed by atoms with Crippen molar-refractivity contribution in [2.75, 3.05) is 10.6 Å². The van der Waals surface area contributed by atoms with Crippen LogP contribution in [0.1, 0.15) is 48.2 Å². The van der Waals surface area contributed by atoms with E-state index in [2.05, 4.69) is 15.6 Å². The maximum atomic E-state index is 12.0. The molecule has 3 rings (SSSR count). The Labute approximate surface area is 135 Å². The van der Waals surface area contributed by atoms with Crippen molar-refractivity contribution in [2.45, 2.75) is 44.6 Å². The Morgan fingerprint density at radius 2 is 1.95 bits per heavy atom. The molecule has 0 radical (unpaired) electrons. The Balaban J connectivity index is 1.56. The molecule has 1 saturated carbocycles. The number of thiophene rings is 1. The third kappa shape index (κ3) is 4.07. The average molecular weight is 315 g/mol. The van der Waals surface area contributed by atoms with Crippen molar-refractivity contribution in [3.05, 3.63) is 40.7 Å². The lowest BCUT2D eigenvalue weighted by molar-refractivity contribution is 0.103. The number of hydrogen-bond donors (Lipinski definition) is 2. The first-order valence-corrected chi connectivity index (χ1v) is 8.77. The van der Waals surface area contributed by atoms with Gasteiger partial charge < -0.3 is 10.6 Å². The van der Waals surface area contributed by atoms with Crippen molar-refractivity contribution in [3.8, 4) is 0 Å². The lowest BCUT2D eigenvalue weighted by Crippen LogP contribution is -2.19. The quantitative estimate of drug-likeness (QED) is 0.815. The molecule has 1 amide bonds. The highest BCUT2D eigenvalue weighted by molar-refractivity contribution is 7.12. The fraction of sp³-hybridized carbons (Fsp3) is 0.412. The summed E-state index contributed by atoms with van der Waals surface area (Å²) in [6.07, 6.45) is 9.44. The number of aromatic nitrogens is 1. The van der Waals surface area contributed by atoms with Gasteiger partial charge in [0.2, 0.25) is 0 Å². The summed E-state index contributed by atoms with van der Waals surface area (Å²) < 4.78 is 0. The van der Waals surface area contributed by atoms with Gasteiger partial charge in [0.1, 0.15) is 5.82 Å². The van der Waals surface area contributed by atoms with E-state index in [1.807, 2.05) is 29.6 Å². The van der Waals surface area contributed by atoms with Crippen molar-refractivity contribution < 1.29 is 4.79 Å². The number of pyridine rings is 1. The number of nitrogens with one attached hydrogen (secondary N) is 2. The Hall–Kier alpha value is -1.88. The zero-order chi connectivity index (χ0) is 15.2. The van der Waals surface area contributed by atoms with Crippen LogP contribution in [-0.4, -0.2) is 16.9 Å². The van der Waals surface area contributed by atoms with E-state index in [1.165, 1.54) is 49.9 Å². The molecule has 0 aromatic carbocycles. The fourth-order valence-corrected chi connectivity index (χ4v) is 3.41. The first kappa shape index (κ1) is 15.0. The molecule has 22 heavy (non-hydrogen) atoms. The van der Waals surface area contributed by atoms with Crippen LogP contribution < -0.4 is 10.6 Å². The van der Waals surface area contributed by atoms with E-state index >= 15 is 0 Å². The molecule has 2 aromatic heterocycles. The molecule has 1 aliphatic carbocycles. The van der Waals surface area contributed by atoms with Crippen molar-refractivity contribution >= 4 is 28.7 Å². The zero-order valence-corrected chi connectivity index (χ0v) is 13.4. The Kier molecular flexibility index (Phi) is 5.06. The summed E-state index contributed by atoms with van der Waals surface area (Å²) in [5.74, 6) is 0.808. The van der Waals surface area contributed by atoms with E-state index in [-0.39, 0.29) is 5.91 Å². The van der Waals surface area contributed by atoms with Gasteiger partial charge in [-0.2, -0.15) is 0 Å². The van der Waals surface area contributed by atoms with Gasteiger partial charge >= 0.3 is 0 Å². The molecular weight excluding hydrogens is 294 g/mol. The van der Waals surface area contributed by atoms with Crippen LogP contribution in [0.3, 0.4) is 0 Å². The van der Waals surface area contributed by atoms with E-state index in [4.69, 9.17) is 0 Å². The van der Waals surface area contributed by atoms with Gasteiger partial charge in [0.05, 0.1) is 16.8 Å². The summed E-state index contributed by atoms with van der Waals surface area (Å²) >= 11 is 1.43. The normalized spacial score (nSPS) is 16.0. The lowest BCUT2D eigenvalue weighted by atomic mass is 10.1. The Morgan fingerprint density at radius 1 is 1.14 bits per heavy atom. The van der Waals surface area contributed by atoms with Gasteiger partial charge in [-0.25, -0.2) is 4.98 Å². The van der Waals surface area contributed by atoms with Crippen LogP contribution in [0.5, 0.6) is 0 Å². The molecule has 2 heterocycles. The molecule has 0 saturated heterocycles. The van der Waals surface area contributed by atoms with Crippen molar-refractivity contribution in [1.29, 1.82) is 0 Å². The molecule has 2 aromatic rings. The second-order valence-electron chi connectivity index (χ2n) is 5.70. The zero-order valence-electron chi connectivity index (χ0n) is 12.5. The number of anilines is 2. The van der Waals surface area contributed by atoms with Crippen LogP contribution in [0.15, 0.2) is 35.8 Å². The smallest absolute Gasteiger partial charge is 0.265 e. The molecule has 4 nitrogen and oxygen atoms in total. The summed E-state index contributed by atoms with van der Waals surface area (Å²) in [6, 6.07) is 8.06. The number of nitrogens with zero attached hydrogens (tertiary/aromatic N) is 1.